The van der Waals surface area contributed by atoms with Gasteiger partial charge in [-0.1, -0.05) is 6.07 Å². The standard InChI is InChI=1S/C15H20BrNO2/c1-10(17-8-4-5-14(17)11(2)18)12-6-7-15(19-3)13(16)9-12/h6-7,9-10,14H,4-5,8H2,1-3H3/t10?,14-/m1/s1. The highest BCUT2D eigenvalue weighted by Gasteiger charge is 2.32. The molecule has 0 saturated carbocycles. The summed E-state index contributed by atoms with van der Waals surface area (Å²) in [5, 5.41) is 0. The van der Waals surface area contributed by atoms with E-state index in [2.05, 4.69) is 39.9 Å². The van der Waals surface area contributed by atoms with E-state index in [0.29, 0.717) is 0 Å². The van der Waals surface area contributed by atoms with E-state index in [1.807, 2.05) is 6.07 Å². The van der Waals surface area contributed by atoms with Gasteiger partial charge in [-0.05, 0) is 66.9 Å². The average Bonchev–Trinajstić information content (AvgIpc) is 2.87. The van der Waals surface area contributed by atoms with E-state index >= 15 is 0 Å². The predicted octanol–water partition coefficient (Wildman–Crippen LogP) is 3.57. The highest BCUT2D eigenvalue weighted by molar-refractivity contribution is 9.10. The molecule has 1 aromatic carbocycles. The van der Waals surface area contributed by atoms with Crippen LogP contribution < -0.4 is 4.74 Å². The van der Waals surface area contributed by atoms with Crippen molar-refractivity contribution in [3.63, 3.8) is 0 Å². The fourth-order valence-electron chi connectivity index (χ4n) is 2.82. The molecule has 1 unspecified atom stereocenters. The van der Waals surface area contributed by atoms with Crippen molar-refractivity contribution < 1.29 is 9.53 Å². The molecule has 1 aliphatic heterocycles. The molecule has 0 aromatic heterocycles. The quantitative estimate of drug-likeness (QED) is 0.847. The molecule has 4 heteroatoms. The molecule has 1 saturated heterocycles. The van der Waals surface area contributed by atoms with Gasteiger partial charge in [-0.2, -0.15) is 0 Å². The van der Waals surface area contributed by atoms with Crippen molar-refractivity contribution in [1.82, 2.24) is 4.90 Å². The van der Waals surface area contributed by atoms with Crippen LogP contribution in [0.3, 0.4) is 0 Å². The largest absolute Gasteiger partial charge is 0.496 e. The number of halogens is 1. The Kier molecular flexibility index (Phi) is 4.63. The van der Waals surface area contributed by atoms with Crippen LogP contribution in [0, 0.1) is 0 Å². The van der Waals surface area contributed by atoms with Crippen LogP contribution in [0.25, 0.3) is 0 Å². The number of carbonyl (C=O) groups excluding carboxylic acids is 1. The molecule has 0 spiro atoms. The van der Waals surface area contributed by atoms with Crippen LogP contribution in [0.2, 0.25) is 0 Å². The zero-order valence-corrected chi connectivity index (χ0v) is 13.2. The maximum atomic E-state index is 11.7. The zero-order chi connectivity index (χ0) is 14.0. The van der Waals surface area contributed by atoms with Gasteiger partial charge >= 0.3 is 0 Å². The Labute approximate surface area is 123 Å². The molecule has 0 bridgehead atoms. The van der Waals surface area contributed by atoms with E-state index in [1.54, 1.807) is 14.0 Å². The van der Waals surface area contributed by atoms with Crippen LogP contribution in [0.1, 0.15) is 38.3 Å². The van der Waals surface area contributed by atoms with Crippen molar-refractivity contribution in [3.05, 3.63) is 28.2 Å². The monoisotopic (exact) mass is 325 g/mol. The maximum absolute atomic E-state index is 11.7. The van der Waals surface area contributed by atoms with E-state index in [9.17, 15) is 4.79 Å². The third kappa shape index (κ3) is 3.00. The number of nitrogens with zero attached hydrogens (tertiary/aromatic N) is 1. The second-order valence-electron chi connectivity index (χ2n) is 5.08. The molecule has 1 aliphatic rings. The van der Waals surface area contributed by atoms with Gasteiger partial charge in [-0.3, -0.25) is 9.69 Å². The van der Waals surface area contributed by atoms with Gasteiger partial charge in [-0.15, -0.1) is 0 Å². The highest BCUT2D eigenvalue weighted by Crippen LogP contribution is 2.33. The predicted molar refractivity (Wildman–Crippen MR) is 79.5 cm³/mol. The van der Waals surface area contributed by atoms with Crippen LogP contribution in [-0.2, 0) is 4.79 Å². The van der Waals surface area contributed by atoms with Crippen LogP contribution in [-0.4, -0.2) is 30.4 Å². The van der Waals surface area contributed by atoms with Crippen LogP contribution in [0.5, 0.6) is 5.75 Å². The number of likely N-dealkylation sites (tertiary alicyclic amines) is 1. The minimum Gasteiger partial charge on any atom is -0.496 e. The summed E-state index contributed by atoms with van der Waals surface area (Å²) in [6, 6.07) is 6.45. The molecule has 2 atom stereocenters. The summed E-state index contributed by atoms with van der Waals surface area (Å²) in [5.74, 6) is 1.11. The number of ether oxygens (including phenoxy) is 1. The van der Waals surface area contributed by atoms with Gasteiger partial charge in [0.05, 0.1) is 17.6 Å². The molecule has 19 heavy (non-hydrogen) atoms. The first-order valence-electron chi connectivity index (χ1n) is 6.64. The molecular weight excluding hydrogens is 306 g/mol. The van der Waals surface area contributed by atoms with E-state index in [4.69, 9.17) is 4.74 Å². The van der Waals surface area contributed by atoms with Crippen molar-refractivity contribution in [2.24, 2.45) is 0 Å². The number of hydrogen-bond donors (Lipinski definition) is 0. The lowest BCUT2D eigenvalue weighted by Crippen LogP contribution is -2.36. The van der Waals surface area contributed by atoms with Crippen molar-refractivity contribution >= 4 is 21.7 Å². The van der Waals surface area contributed by atoms with Crippen LogP contribution >= 0.6 is 15.9 Å². The summed E-state index contributed by atoms with van der Waals surface area (Å²) in [4.78, 5) is 14.0. The fraction of sp³-hybridized carbons (Fsp3) is 0.533. The van der Waals surface area contributed by atoms with Crippen molar-refractivity contribution in [3.8, 4) is 5.75 Å². The fourth-order valence-corrected chi connectivity index (χ4v) is 3.38. The van der Waals surface area contributed by atoms with Gasteiger partial charge in [0, 0.05) is 6.04 Å². The number of methoxy groups -OCH3 is 1. The molecule has 3 nitrogen and oxygen atoms in total. The van der Waals surface area contributed by atoms with Crippen LogP contribution in [0.15, 0.2) is 22.7 Å². The lowest BCUT2D eigenvalue weighted by molar-refractivity contribution is -0.121. The highest BCUT2D eigenvalue weighted by atomic mass is 79.9. The van der Waals surface area contributed by atoms with Crippen LogP contribution in [0.4, 0.5) is 0 Å². The normalized spacial score (nSPS) is 21.4. The Morgan fingerprint density at radius 2 is 2.26 bits per heavy atom. The number of hydrogen-bond acceptors (Lipinski definition) is 3. The van der Waals surface area contributed by atoms with E-state index < -0.39 is 0 Å². The van der Waals surface area contributed by atoms with Crippen molar-refractivity contribution in [2.75, 3.05) is 13.7 Å². The van der Waals surface area contributed by atoms with Gasteiger partial charge < -0.3 is 4.74 Å². The molecular formula is C15H20BrNO2. The SMILES string of the molecule is COc1ccc(C(C)N2CCC[C@@H]2C(C)=O)cc1Br. The number of rotatable bonds is 4. The maximum Gasteiger partial charge on any atom is 0.146 e. The Bertz CT molecular complexity index is 475. The van der Waals surface area contributed by atoms with Gasteiger partial charge in [0.1, 0.15) is 11.5 Å². The van der Waals surface area contributed by atoms with E-state index in [0.717, 1.165) is 29.6 Å². The lowest BCUT2D eigenvalue weighted by atomic mass is 10.0. The topological polar surface area (TPSA) is 29.5 Å². The minimum atomic E-state index is 0.0795. The summed E-state index contributed by atoms with van der Waals surface area (Å²) < 4.78 is 6.21. The van der Waals surface area contributed by atoms with Crippen molar-refractivity contribution in [1.29, 1.82) is 0 Å². The number of benzene rings is 1. The van der Waals surface area contributed by atoms with E-state index in [1.165, 1.54) is 5.56 Å². The smallest absolute Gasteiger partial charge is 0.146 e. The van der Waals surface area contributed by atoms with Gasteiger partial charge in [0.25, 0.3) is 0 Å². The summed E-state index contributed by atoms with van der Waals surface area (Å²) in [6.07, 6.45) is 2.09. The Balaban J connectivity index is 2.21. The first-order valence-corrected chi connectivity index (χ1v) is 7.43. The van der Waals surface area contributed by atoms with Gasteiger partial charge in [-0.25, -0.2) is 0 Å². The molecule has 0 radical (unpaired) electrons. The second-order valence-corrected chi connectivity index (χ2v) is 5.93. The van der Waals surface area contributed by atoms with Crippen molar-refractivity contribution in [2.45, 2.75) is 38.8 Å². The van der Waals surface area contributed by atoms with Gasteiger partial charge in [0.15, 0.2) is 0 Å². The minimum absolute atomic E-state index is 0.0795. The number of carbonyl (C=O) groups is 1. The Hall–Kier alpha value is -0.870. The lowest BCUT2D eigenvalue weighted by Gasteiger charge is -2.29. The molecule has 1 heterocycles. The third-order valence-electron chi connectivity index (χ3n) is 3.92. The molecule has 2 rings (SSSR count). The zero-order valence-electron chi connectivity index (χ0n) is 11.6. The Morgan fingerprint density at radius 1 is 1.53 bits per heavy atom. The molecule has 0 N–H and O–H groups in total. The van der Waals surface area contributed by atoms with E-state index in [-0.39, 0.29) is 17.9 Å². The second kappa shape index (κ2) is 6.06. The third-order valence-corrected chi connectivity index (χ3v) is 4.54. The molecule has 1 aromatic rings. The summed E-state index contributed by atoms with van der Waals surface area (Å²) in [7, 11) is 1.66. The summed E-state index contributed by atoms with van der Waals surface area (Å²) in [6.45, 7) is 4.85. The number of Topliss-reactive ketones (excluding diaryl/α,β-unsaturated/α-hetero) is 1. The molecule has 104 valence electrons. The average molecular weight is 326 g/mol. The molecule has 0 amide bonds. The number of ketones is 1. The first kappa shape index (κ1) is 14.5. The molecule has 0 aliphatic carbocycles. The summed E-state index contributed by atoms with van der Waals surface area (Å²) in [5.41, 5.74) is 1.21. The summed E-state index contributed by atoms with van der Waals surface area (Å²) >= 11 is 3.52. The Morgan fingerprint density at radius 3 is 2.84 bits per heavy atom. The molecule has 1 fully saturated rings. The van der Waals surface area contributed by atoms with Gasteiger partial charge in [0.2, 0.25) is 0 Å². The first-order chi connectivity index (χ1) is 9.04.